The third-order valence-electron chi connectivity index (χ3n) is 5.79. The van der Waals surface area contributed by atoms with Crippen molar-refractivity contribution in [3.8, 4) is 11.4 Å². The number of hydrogen-bond acceptors (Lipinski definition) is 2. The Kier molecular flexibility index (Phi) is 5.98. The molecule has 4 heteroatoms. The average Bonchev–Trinajstić information content (AvgIpc) is 3.24. The molecule has 0 spiro atoms. The summed E-state index contributed by atoms with van der Waals surface area (Å²) in [6.07, 6.45) is 0.814. The summed E-state index contributed by atoms with van der Waals surface area (Å²) in [7, 11) is 0. The molecule has 1 aromatic heterocycles. The lowest BCUT2D eigenvalue weighted by molar-refractivity contribution is 0.0954. The number of hydrogen-bond donors (Lipinski definition) is 1. The number of nitrogens with one attached hydrogen (secondary N) is 1. The summed E-state index contributed by atoms with van der Waals surface area (Å²) in [4.78, 5) is 17.5. The quantitative estimate of drug-likeness (QED) is 0.358. The lowest BCUT2D eigenvalue weighted by Gasteiger charge is -2.10. The number of para-hydroxylation sites is 2. The average molecular weight is 432 g/mol. The van der Waals surface area contributed by atoms with Crippen LogP contribution in [-0.4, -0.2) is 22.0 Å². The van der Waals surface area contributed by atoms with Gasteiger partial charge in [-0.1, -0.05) is 84.9 Å². The Balaban J connectivity index is 1.36. The minimum atomic E-state index is -0.0599. The highest BCUT2D eigenvalue weighted by Gasteiger charge is 2.14. The second-order valence-electron chi connectivity index (χ2n) is 8.06. The summed E-state index contributed by atoms with van der Waals surface area (Å²) < 4.78 is 2.24. The van der Waals surface area contributed by atoms with E-state index in [4.69, 9.17) is 4.98 Å². The highest BCUT2D eigenvalue weighted by atomic mass is 16.1. The van der Waals surface area contributed by atoms with Crippen molar-refractivity contribution in [2.45, 2.75) is 13.0 Å². The summed E-state index contributed by atoms with van der Waals surface area (Å²) in [5, 5.41) is 3.01. The van der Waals surface area contributed by atoms with Crippen LogP contribution in [0.5, 0.6) is 0 Å². The van der Waals surface area contributed by atoms with E-state index >= 15 is 0 Å². The Morgan fingerprint density at radius 3 is 2.09 bits per heavy atom. The van der Waals surface area contributed by atoms with Gasteiger partial charge in [-0.3, -0.25) is 4.79 Å². The van der Waals surface area contributed by atoms with Crippen molar-refractivity contribution in [1.29, 1.82) is 0 Å². The monoisotopic (exact) mass is 431 g/mol. The van der Waals surface area contributed by atoms with Crippen LogP contribution in [0.25, 0.3) is 22.4 Å². The minimum absolute atomic E-state index is 0.0599. The summed E-state index contributed by atoms with van der Waals surface area (Å²) in [5.74, 6) is 0.839. The molecule has 1 amide bonds. The molecule has 1 N–H and O–H groups in total. The molecule has 5 aromatic rings. The topological polar surface area (TPSA) is 46.9 Å². The molecule has 5 rings (SSSR count). The van der Waals surface area contributed by atoms with Crippen LogP contribution in [0.15, 0.2) is 109 Å². The van der Waals surface area contributed by atoms with Gasteiger partial charge in [0.2, 0.25) is 0 Å². The first-order chi connectivity index (χ1) is 16.3. The Bertz CT molecular complexity index is 1360. The molecular weight excluding hydrogens is 406 g/mol. The van der Waals surface area contributed by atoms with E-state index in [1.807, 2.05) is 66.7 Å². The van der Waals surface area contributed by atoms with Gasteiger partial charge >= 0.3 is 0 Å². The van der Waals surface area contributed by atoms with Crippen LogP contribution in [0.1, 0.15) is 21.5 Å². The molecular formula is C29H25N3O. The van der Waals surface area contributed by atoms with Crippen LogP contribution in [0, 0.1) is 0 Å². The molecule has 1 heterocycles. The Morgan fingerprint density at radius 1 is 0.727 bits per heavy atom. The van der Waals surface area contributed by atoms with Gasteiger partial charge < -0.3 is 9.88 Å². The van der Waals surface area contributed by atoms with Crippen molar-refractivity contribution >= 4 is 16.9 Å². The van der Waals surface area contributed by atoms with Crippen molar-refractivity contribution in [3.05, 3.63) is 126 Å². The first-order valence-corrected chi connectivity index (χ1v) is 11.2. The first-order valence-electron chi connectivity index (χ1n) is 11.2. The number of carbonyl (C=O) groups is 1. The van der Waals surface area contributed by atoms with Gasteiger partial charge in [0.25, 0.3) is 5.91 Å². The van der Waals surface area contributed by atoms with E-state index in [2.05, 4.69) is 52.3 Å². The van der Waals surface area contributed by atoms with Crippen LogP contribution in [-0.2, 0) is 13.0 Å². The van der Waals surface area contributed by atoms with Gasteiger partial charge in [-0.15, -0.1) is 0 Å². The van der Waals surface area contributed by atoms with Crippen molar-refractivity contribution in [2.75, 3.05) is 6.54 Å². The molecule has 0 saturated heterocycles. The summed E-state index contributed by atoms with van der Waals surface area (Å²) in [5.41, 5.74) is 6.13. The van der Waals surface area contributed by atoms with Crippen molar-refractivity contribution in [2.24, 2.45) is 0 Å². The molecule has 0 bridgehead atoms. The number of rotatable bonds is 7. The predicted molar refractivity (Wildman–Crippen MR) is 133 cm³/mol. The standard InChI is InChI=1S/C29H25N3O/c33-29(30-20-19-22-9-3-1-4-10-22)25-17-15-24(16-18-25)28-31-26-13-7-8-14-27(26)32(28)21-23-11-5-2-6-12-23/h1-18H,19-21H2,(H,30,33). The number of amides is 1. The molecule has 162 valence electrons. The van der Waals surface area contributed by atoms with Gasteiger partial charge in [0, 0.05) is 24.2 Å². The van der Waals surface area contributed by atoms with Gasteiger partial charge in [0.05, 0.1) is 11.0 Å². The van der Waals surface area contributed by atoms with Gasteiger partial charge in [-0.05, 0) is 41.8 Å². The molecule has 0 aliphatic heterocycles. The fourth-order valence-electron chi connectivity index (χ4n) is 4.06. The maximum absolute atomic E-state index is 12.6. The highest BCUT2D eigenvalue weighted by molar-refractivity contribution is 5.94. The van der Waals surface area contributed by atoms with Crippen LogP contribution >= 0.6 is 0 Å². The van der Waals surface area contributed by atoms with Crippen molar-refractivity contribution < 1.29 is 4.79 Å². The largest absolute Gasteiger partial charge is 0.352 e. The zero-order chi connectivity index (χ0) is 22.5. The molecule has 0 saturated carbocycles. The smallest absolute Gasteiger partial charge is 0.251 e. The summed E-state index contributed by atoms with van der Waals surface area (Å²) in [6, 6.07) is 36.5. The van der Waals surface area contributed by atoms with E-state index in [9.17, 15) is 4.79 Å². The zero-order valence-corrected chi connectivity index (χ0v) is 18.3. The molecule has 0 atom stereocenters. The molecule has 4 aromatic carbocycles. The second-order valence-corrected chi connectivity index (χ2v) is 8.06. The number of benzene rings is 4. The number of imidazole rings is 1. The number of aromatic nitrogens is 2. The summed E-state index contributed by atoms with van der Waals surface area (Å²) in [6.45, 7) is 1.34. The molecule has 4 nitrogen and oxygen atoms in total. The lowest BCUT2D eigenvalue weighted by atomic mass is 10.1. The van der Waals surface area contributed by atoms with E-state index in [0.717, 1.165) is 35.4 Å². The molecule has 0 fully saturated rings. The lowest BCUT2D eigenvalue weighted by Crippen LogP contribution is -2.25. The molecule has 0 aliphatic carbocycles. The van der Waals surface area contributed by atoms with Crippen molar-refractivity contribution in [1.82, 2.24) is 14.9 Å². The highest BCUT2D eigenvalue weighted by Crippen LogP contribution is 2.26. The van der Waals surface area contributed by atoms with Gasteiger partial charge in [0.1, 0.15) is 5.82 Å². The van der Waals surface area contributed by atoms with Gasteiger partial charge in [0.15, 0.2) is 0 Å². The molecule has 0 aliphatic rings. The number of fused-ring (bicyclic) bond motifs is 1. The SMILES string of the molecule is O=C(NCCc1ccccc1)c1ccc(-c2nc3ccccc3n2Cc2ccccc2)cc1. The zero-order valence-electron chi connectivity index (χ0n) is 18.3. The van der Waals surface area contributed by atoms with Crippen LogP contribution in [0.4, 0.5) is 0 Å². The maximum atomic E-state index is 12.6. The van der Waals surface area contributed by atoms with E-state index in [1.54, 1.807) is 0 Å². The Hall–Kier alpha value is -4.18. The summed E-state index contributed by atoms with van der Waals surface area (Å²) >= 11 is 0. The fraction of sp³-hybridized carbons (Fsp3) is 0.103. The molecule has 0 radical (unpaired) electrons. The fourth-order valence-corrected chi connectivity index (χ4v) is 4.06. The van der Waals surface area contributed by atoms with E-state index in [0.29, 0.717) is 12.1 Å². The van der Waals surface area contributed by atoms with E-state index < -0.39 is 0 Å². The number of nitrogens with zero attached hydrogens (tertiary/aromatic N) is 2. The third-order valence-corrected chi connectivity index (χ3v) is 5.79. The van der Waals surface area contributed by atoms with E-state index in [-0.39, 0.29) is 5.91 Å². The second kappa shape index (κ2) is 9.53. The molecule has 33 heavy (non-hydrogen) atoms. The van der Waals surface area contributed by atoms with Crippen LogP contribution in [0.3, 0.4) is 0 Å². The minimum Gasteiger partial charge on any atom is -0.352 e. The van der Waals surface area contributed by atoms with Gasteiger partial charge in [-0.25, -0.2) is 4.98 Å². The Labute approximate surface area is 193 Å². The van der Waals surface area contributed by atoms with Crippen LogP contribution in [0.2, 0.25) is 0 Å². The Morgan fingerprint density at radius 2 is 1.36 bits per heavy atom. The normalized spacial score (nSPS) is 10.9. The number of carbonyl (C=O) groups excluding carboxylic acids is 1. The van der Waals surface area contributed by atoms with Crippen molar-refractivity contribution in [3.63, 3.8) is 0 Å². The maximum Gasteiger partial charge on any atom is 0.251 e. The van der Waals surface area contributed by atoms with Gasteiger partial charge in [-0.2, -0.15) is 0 Å². The predicted octanol–water partition coefficient (Wildman–Crippen LogP) is 5.72. The van der Waals surface area contributed by atoms with E-state index in [1.165, 1.54) is 11.1 Å². The first kappa shape index (κ1) is 20.7. The van der Waals surface area contributed by atoms with Crippen LogP contribution < -0.4 is 5.32 Å². The third kappa shape index (κ3) is 4.70. The molecule has 0 unspecified atom stereocenters.